The van der Waals surface area contributed by atoms with Gasteiger partial charge in [0.2, 0.25) is 5.76 Å². The van der Waals surface area contributed by atoms with Gasteiger partial charge in [0, 0.05) is 18.1 Å². The van der Waals surface area contributed by atoms with Gasteiger partial charge in [-0.3, -0.25) is 4.79 Å². The molecule has 0 bridgehead atoms. The second-order valence-corrected chi connectivity index (χ2v) is 3.84. The van der Waals surface area contributed by atoms with Gasteiger partial charge in [-0.05, 0) is 0 Å². The van der Waals surface area contributed by atoms with Crippen molar-refractivity contribution in [2.24, 2.45) is 0 Å². The minimum absolute atomic E-state index is 0.0758. The van der Waals surface area contributed by atoms with Gasteiger partial charge in [0.05, 0.1) is 12.3 Å². The molecule has 1 heterocycles. The van der Waals surface area contributed by atoms with Crippen molar-refractivity contribution in [3.8, 4) is 0 Å². The van der Waals surface area contributed by atoms with E-state index in [-0.39, 0.29) is 18.6 Å². The zero-order valence-corrected chi connectivity index (χ0v) is 9.88. The number of aromatic nitrogens is 1. The van der Waals surface area contributed by atoms with Crippen molar-refractivity contribution in [2.45, 2.75) is 12.3 Å². The molecule has 0 aliphatic carbocycles. The van der Waals surface area contributed by atoms with Gasteiger partial charge < -0.3 is 9.26 Å². The van der Waals surface area contributed by atoms with Crippen molar-refractivity contribution >= 4 is 6.47 Å². The highest BCUT2D eigenvalue weighted by Crippen LogP contribution is 2.35. The molecule has 2 rings (SSSR count). The van der Waals surface area contributed by atoms with Gasteiger partial charge in [-0.25, -0.2) is 0 Å². The third-order valence-electron chi connectivity index (χ3n) is 2.55. The summed E-state index contributed by atoms with van der Waals surface area (Å²) >= 11 is 0. The predicted octanol–water partition coefficient (Wildman–Crippen LogP) is 2.53. The van der Waals surface area contributed by atoms with E-state index in [0.29, 0.717) is 12.2 Å². The number of benzene rings is 1. The van der Waals surface area contributed by atoms with Crippen LogP contribution in [0.5, 0.6) is 0 Å². The Balaban J connectivity index is 2.15. The molecular weight excluding hydrogens is 256 g/mol. The molecular formula is C13H11F2NO3. The highest BCUT2D eigenvalue weighted by atomic mass is 19.3. The molecule has 0 aliphatic rings. The molecule has 4 nitrogen and oxygen atoms in total. The molecule has 0 aliphatic heterocycles. The molecule has 2 aromatic rings. The van der Waals surface area contributed by atoms with Crippen LogP contribution >= 0.6 is 0 Å². The number of ether oxygens (including phenoxy) is 1. The normalized spacial score (nSPS) is 11.3. The Kier molecular flexibility index (Phi) is 3.89. The summed E-state index contributed by atoms with van der Waals surface area (Å²) in [5.41, 5.74) is 0.147. The van der Waals surface area contributed by atoms with Crippen molar-refractivity contribution in [3.05, 3.63) is 53.4 Å². The molecule has 0 radical (unpaired) electrons. The zero-order chi connectivity index (χ0) is 13.7. The number of halogens is 2. The molecule has 19 heavy (non-hydrogen) atoms. The SMILES string of the molecule is O=COCCc1cc(C(F)(F)c2ccccc2)on1. The first kappa shape index (κ1) is 13.2. The molecule has 0 saturated heterocycles. The van der Waals surface area contributed by atoms with E-state index in [1.165, 1.54) is 30.3 Å². The fraction of sp³-hybridized carbons (Fsp3) is 0.231. The maximum atomic E-state index is 14.1. The highest BCUT2D eigenvalue weighted by molar-refractivity contribution is 5.37. The standard InChI is InChI=1S/C13H11F2NO3/c14-13(15,10-4-2-1-3-5-10)12-8-11(16-19-12)6-7-18-9-17/h1-5,8-9H,6-7H2. The topological polar surface area (TPSA) is 52.3 Å². The lowest BCUT2D eigenvalue weighted by Crippen LogP contribution is -2.13. The number of carbonyl (C=O) groups is 1. The molecule has 6 heteroatoms. The van der Waals surface area contributed by atoms with E-state index in [2.05, 4.69) is 14.4 Å². The lowest BCUT2D eigenvalue weighted by Gasteiger charge is -2.12. The lowest BCUT2D eigenvalue weighted by molar-refractivity contribution is -0.128. The van der Waals surface area contributed by atoms with Crippen LogP contribution in [0.1, 0.15) is 17.0 Å². The van der Waals surface area contributed by atoms with Crippen LogP contribution in [-0.2, 0) is 21.9 Å². The van der Waals surface area contributed by atoms with Crippen molar-refractivity contribution < 1.29 is 22.8 Å². The molecule has 0 saturated carbocycles. The molecule has 0 fully saturated rings. The Bertz CT molecular complexity index is 540. The summed E-state index contributed by atoms with van der Waals surface area (Å²) in [6.07, 6.45) is 0.229. The summed E-state index contributed by atoms with van der Waals surface area (Å²) in [7, 11) is 0. The van der Waals surface area contributed by atoms with Gasteiger partial charge in [-0.2, -0.15) is 8.78 Å². The van der Waals surface area contributed by atoms with E-state index in [9.17, 15) is 13.6 Å². The Labute approximate surface area is 108 Å². The fourth-order valence-corrected chi connectivity index (χ4v) is 1.58. The molecule has 1 aromatic heterocycles. The molecule has 0 unspecified atom stereocenters. The first-order chi connectivity index (χ1) is 9.14. The van der Waals surface area contributed by atoms with E-state index in [0.717, 1.165) is 0 Å². The van der Waals surface area contributed by atoms with E-state index in [1.807, 2.05) is 0 Å². The third-order valence-corrected chi connectivity index (χ3v) is 2.55. The van der Waals surface area contributed by atoms with Gasteiger partial charge in [0.25, 0.3) is 6.47 Å². The van der Waals surface area contributed by atoms with Gasteiger partial charge in [-0.1, -0.05) is 35.5 Å². The summed E-state index contributed by atoms with van der Waals surface area (Å²) in [5.74, 6) is -3.77. The maximum Gasteiger partial charge on any atom is 0.332 e. The smallest absolute Gasteiger partial charge is 0.332 e. The quantitative estimate of drug-likeness (QED) is 0.596. The number of nitrogens with zero attached hydrogens (tertiary/aromatic N) is 1. The van der Waals surface area contributed by atoms with E-state index >= 15 is 0 Å². The van der Waals surface area contributed by atoms with E-state index in [4.69, 9.17) is 0 Å². The monoisotopic (exact) mass is 267 g/mol. The molecule has 0 amide bonds. The molecule has 100 valence electrons. The van der Waals surface area contributed by atoms with E-state index < -0.39 is 11.7 Å². The average molecular weight is 267 g/mol. The van der Waals surface area contributed by atoms with Crippen LogP contribution in [0.15, 0.2) is 40.9 Å². The second kappa shape index (κ2) is 5.60. The molecule has 0 spiro atoms. The average Bonchev–Trinajstić information content (AvgIpc) is 2.90. The second-order valence-electron chi connectivity index (χ2n) is 3.84. The van der Waals surface area contributed by atoms with Gasteiger partial charge >= 0.3 is 5.92 Å². The Hall–Kier alpha value is -2.24. The van der Waals surface area contributed by atoms with Gasteiger partial charge in [0.1, 0.15) is 0 Å². The van der Waals surface area contributed by atoms with Crippen LogP contribution in [0.4, 0.5) is 8.78 Å². The van der Waals surface area contributed by atoms with Crippen LogP contribution < -0.4 is 0 Å². The lowest BCUT2D eigenvalue weighted by atomic mass is 10.1. The van der Waals surface area contributed by atoms with Crippen molar-refractivity contribution in [2.75, 3.05) is 6.61 Å². The number of alkyl halides is 2. The highest BCUT2D eigenvalue weighted by Gasteiger charge is 2.38. The number of hydrogen-bond acceptors (Lipinski definition) is 4. The van der Waals surface area contributed by atoms with Gasteiger partial charge in [0.15, 0.2) is 0 Å². The van der Waals surface area contributed by atoms with Crippen molar-refractivity contribution in [1.82, 2.24) is 5.16 Å². The Morgan fingerprint density at radius 1 is 1.32 bits per heavy atom. The number of carbonyl (C=O) groups excluding carboxylic acids is 1. The summed E-state index contributed by atoms with van der Waals surface area (Å²) < 4.78 is 37.3. The predicted molar refractivity (Wildman–Crippen MR) is 61.7 cm³/mol. The van der Waals surface area contributed by atoms with Crippen LogP contribution in [0.25, 0.3) is 0 Å². The minimum Gasteiger partial charge on any atom is -0.467 e. The summed E-state index contributed by atoms with van der Waals surface area (Å²) in [5, 5.41) is 3.53. The van der Waals surface area contributed by atoms with Crippen LogP contribution in [-0.4, -0.2) is 18.2 Å². The fourth-order valence-electron chi connectivity index (χ4n) is 1.58. The van der Waals surface area contributed by atoms with Crippen molar-refractivity contribution in [1.29, 1.82) is 0 Å². The maximum absolute atomic E-state index is 14.1. The van der Waals surface area contributed by atoms with Crippen LogP contribution in [0.2, 0.25) is 0 Å². The molecule has 0 N–H and O–H groups in total. The molecule has 1 aromatic carbocycles. The summed E-state index contributed by atoms with van der Waals surface area (Å²) in [6, 6.07) is 8.51. The van der Waals surface area contributed by atoms with E-state index in [1.54, 1.807) is 6.07 Å². The summed E-state index contributed by atoms with van der Waals surface area (Å²) in [6.45, 7) is 0.367. The first-order valence-electron chi connectivity index (χ1n) is 5.59. The Morgan fingerprint density at radius 3 is 2.74 bits per heavy atom. The van der Waals surface area contributed by atoms with Gasteiger partial charge in [-0.15, -0.1) is 0 Å². The first-order valence-corrected chi connectivity index (χ1v) is 5.59. The largest absolute Gasteiger partial charge is 0.467 e. The van der Waals surface area contributed by atoms with Crippen LogP contribution in [0.3, 0.4) is 0 Å². The third kappa shape index (κ3) is 2.96. The minimum atomic E-state index is -3.24. The van der Waals surface area contributed by atoms with Crippen LogP contribution in [0, 0.1) is 0 Å². The Morgan fingerprint density at radius 2 is 2.05 bits per heavy atom. The van der Waals surface area contributed by atoms with Crippen molar-refractivity contribution in [3.63, 3.8) is 0 Å². The zero-order valence-electron chi connectivity index (χ0n) is 9.88. The number of hydrogen-bond donors (Lipinski definition) is 0. The summed E-state index contributed by atoms with van der Waals surface area (Å²) in [4.78, 5) is 9.96. The molecule has 0 atom stereocenters. The number of rotatable bonds is 6.